The summed E-state index contributed by atoms with van der Waals surface area (Å²) in [6.45, 7) is 5.39. The fourth-order valence-electron chi connectivity index (χ4n) is 1.36. The number of rotatable bonds is 5. The van der Waals surface area contributed by atoms with Gasteiger partial charge < -0.3 is 15.0 Å². The highest BCUT2D eigenvalue weighted by Crippen LogP contribution is 2.13. The van der Waals surface area contributed by atoms with Gasteiger partial charge in [0.2, 0.25) is 0 Å². The Hall–Kier alpha value is -1.69. The number of aromatic nitrogens is 4. The Kier molecular flexibility index (Phi) is 3.31. The van der Waals surface area contributed by atoms with E-state index in [4.69, 9.17) is 4.74 Å². The number of nitrogens with zero attached hydrogens (tertiary/aromatic N) is 3. The van der Waals surface area contributed by atoms with Gasteiger partial charge in [0.15, 0.2) is 11.5 Å². The van der Waals surface area contributed by atoms with Crippen molar-refractivity contribution >= 4 is 17.0 Å². The molecule has 2 rings (SSSR count). The van der Waals surface area contributed by atoms with E-state index < -0.39 is 0 Å². The zero-order valence-electron chi connectivity index (χ0n) is 9.40. The monoisotopic (exact) mass is 221 g/mol. The van der Waals surface area contributed by atoms with Crippen LogP contribution in [0.3, 0.4) is 0 Å². The Morgan fingerprint density at radius 3 is 3.06 bits per heavy atom. The summed E-state index contributed by atoms with van der Waals surface area (Å²) in [5.74, 6) is 0.759. The summed E-state index contributed by atoms with van der Waals surface area (Å²) in [5, 5.41) is 3.18. The Morgan fingerprint density at radius 2 is 2.25 bits per heavy atom. The summed E-state index contributed by atoms with van der Waals surface area (Å²) in [6.07, 6.45) is 3.35. The highest BCUT2D eigenvalue weighted by molar-refractivity contribution is 5.81. The van der Waals surface area contributed by atoms with Crippen molar-refractivity contribution in [2.24, 2.45) is 0 Å². The Bertz CT molecular complexity index is 453. The largest absolute Gasteiger partial charge is 0.377 e. The molecule has 0 amide bonds. The van der Waals surface area contributed by atoms with Crippen LogP contribution in [-0.4, -0.2) is 39.2 Å². The van der Waals surface area contributed by atoms with E-state index in [0.717, 1.165) is 11.3 Å². The fraction of sp³-hybridized carbons (Fsp3) is 0.500. The van der Waals surface area contributed by atoms with Crippen LogP contribution >= 0.6 is 0 Å². The van der Waals surface area contributed by atoms with Crippen molar-refractivity contribution in [3.63, 3.8) is 0 Å². The van der Waals surface area contributed by atoms with E-state index in [-0.39, 0.29) is 6.10 Å². The van der Waals surface area contributed by atoms with Gasteiger partial charge in [0.1, 0.15) is 11.8 Å². The molecule has 0 saturated heterocycles. The third-order valence-corrected chi connectivity index (χ3v) is 2.07. The second-order valence-corrected chi connectivity index (χ2v) is 3.67. The summed E-state index contributed by atoms with van der Waals surface area (Å²) >= 11 is 0. The number of nitrogens with one attached hydrogen (secondary N) is 2. The summed E-state index contributed by atoms with van der Waals surface area (Å²) in [5.41, 5.74) is 1.49. The van der Waals surface area contributed by atoms with E-state index in [9.17, 15) is 0 Å². The van der Waals surface area contributed by atoms with Crippen molar-refractivity contribution in [1.29, 1.82) is 0 Å². The zero-order chi connectivity index (χ0) is 11.4. The van der Waals surface area contributed by atoms with Crippen molar-refractivity contribution in [3.8, 4) is 0 Å². The average Bonchev–Trinajstić information content (AvgIpc) is 2.72. The van der Waals surface area contributed by atoms with Gasteiger partial charge in [0.05, 0.1) is 19.0 Å². The molecule has 0 aromatic carbocycles. The molecule has 0 aliphatic heterocycles. The lowest BCUT2D eigenvalue weighted by molar-refractivity contribution is 0.0870. The first-order valence-corrected chi connectivity index (χ1v) is 5.27. The summed E-state index contributed by atoms with van der Waals surface area (Å²) in [7, 11) is 0. The van der Waals surface area contributed by atoms with E-state index in [0.29, 0.717) is 18.8 Å². The third kappa shape index (κ3) is 2.46. The van der Waals surface area contributed by atoms with Gasteiger partial charge in [0.25, 0.3) is 0 Å². The van der Waals surface area contributed by atoms with Crippen molar-refractivity contribution in [2.75, 3.05) is 18.5 Å². The second-order valence-electron chi connectivity index (χ2n) is 3.67. The summed E-state index contributed by atoms with van der Waals surface area (Å²) < 4.78 is 5.43. The number of fused-ring (bicyclic) bond motifs is 1. The molecule has 6 heteroatoms. The van der Waals surface area contributed by atoms with Crippen LogP contribution in [0.1, 0.15) is 13.8 Å². The fourth-order valence-corrected chi connectivity index (χ4v) is 1.36. The molecule has 0 saturated carbocycles. The number of H-pyrrole nitrogens is 1. The normalized spacial score (nSPS) is 11.2. The van der Waals surface area contributed by atoms with E-state index in [1.54, 1.807) is 6.33 Å². The van der Waals surface area contributed by atoms with E-state index in [1.807, 2.05) is 13.8 Å². The smallest absolute Gasteiger partial charge is 0.182 e. The molecule has 0 radical (unpaired) electrons. The van der Waals surface area contributed by atoms with Gasteiger partial charge in [-0.2, -0.15) is 0 Å². The molecule has 0 spiro atoms. The number of hydrogen-bond acceptors (Lipinski definition) is 5. The maximum Gasteiger partial charge on any atom is 0.182 e. The molecule has 0 aliphatic rings. The molecule has 0 unspecified atom stereocenters. The second kappa shape index (κ2) is 4.89. The minimum absolute atomic E-state index is 0.249. The highest BCUT2D eigenvalue weighted by atomic mass is 16.5. The molecular formula is C10H15N5O. The minimum atomic E-state index is 0.249. The van der Waals surface area contributed by atoms with Gasteiger partial charge in [-0.15, -0.1) is 0 Å². The minimum Gasteiger partial charge on any atom is -0.377 e. The lowest BCUT2D eigenvalue weighted by Gasteiger charge is -2.08. The predicted octanol–water partition coefficient (Wildman–Crippen LogP) is 1.19. The number of aromatic amines is 1. The number of ether oxygens (including phenoxy) is 1. The van der Waals surface area contributed by atoms with Gasteiger partial charge in [0, 0.05) is 6.54 Å². The van der Waals surface area contributed by atoms with Crippen LogP contribution in [0.2, 0.25) is 0 Å². The van der Waals surface area contributed by atoms with Crippen molar-refractivity contribution in [1.82, 2.24) is 19.9 Å². The van der Waals surface area contributed by atoms with E-state index in [1.165, 1.54) is 6.33 Å². The number of hydrogen-bond donors (Lipinski definition) is 2. The van der Waals surface area contributed by atoms with Gasteiger partial charge >= 0.3 is 0 Å². The van der Waals surface area contributed by atoms with Crippen LogP contribution in [0.15, 0.2) is 12.7 Å². The van der Waals surface area contributed by atoms with Crippen molar-refractivity contribution < 1.29 is 4.74 Å². The maximum atomic E-state index is 5.43. The first-order valence-electron chi connectivity index (χ1n) is 5.27. The Balaban J connectivity index is 1.96. The lowest BCUT2D eigenvalue weighted by Crippen LogP contribution is -2.14. The van der Waals surface area contributed by atoms with Gasteiger partial charge in [-0.05, 0) is 13.8 Å². The molecule has 2 aromatic heterocycles. The topological polar surface area (TPSA) is 75.7 Å². The van der Waals surface area contributed by atoms with E-state index in [2.05, 4.69) is 25.3 Å². The molecule has 0 aliphatic carbocycles. The number of anilines is 1. The van der Waals surface area contributed by atoms with Gasteiger partial charge in [-0.3, -0.25) is 0 Å². The predicted molar refractivity (Wildman–Crippen MR) is 61.3 cm³/mol. The van der Waals surface area contributed by atoms with E-state index >= 15 is 0 Å². The zero-order valence-corrected chi connectivity index (χ0v) is 9.40. The van der Waals surface area contributed by atoms with Gasteiger partial charge in [-0.25, -0.2) is 15.0 Å². The summed E-state index contributed by atoms with van der Waals surface area (Å²) in [6, 6.07) is 0. The molecule has 86 valence electrons. The van der Waals surface area contributed by atoms with Crippen molar-refractivity contribution in [2.45, 2.75) is 20.0 Å². The first kappa shape index (κ1) is 10.8. The van der Waals surface area contributed by atoms with Crippen LogP contribution in [0.4, 0.5) is 5.82 Å². The molecule has 2 heterocycles. The molecular weight excluding hydrogens is 206 g/mol. The SMILES string of the molecule is CC(C)OCCNc1ncnc2nc[nH]c12. The molecule has 2 aromatic rings. The average molecular weight is 221 g/mol. The van der Waals surface area contributed by atoms with Crippen LogP contribution in [0.25, 0.3) is 11.2 Å². The Morgan fingerprint density at radius 1 is 1.38 bits per heavy atom. The van der Waals surface area contributed by atoms with Crippen LogP contribution in [-0.2, 0) is 4.74 Å². The highest BCUT2D eigenvalue weighted by Gasteiger charge is 2.04. The van der Waals surface area contributed by atoms with Crippen LogP contribution in [0.5, 0.6) is 0 Å². The van der Waals surface area contributed by atoms with Crippen LogP contribution < -0.4 is 5.32 Å². The van der Waals surface area contributed by atoms with Crippen LogP contribution in [0, 0.1) is 0 Å². The molecule has 0 fully saturated rings. The lowest BCUT2D eigenvalue weighted by atomic mass is 10.4. The van der Waals surface area contributed by atoms with Gasteiger partial charge in [-0.1, -0.05) is 0 Å². The molecule has 6 nitrogen and oxygen atoms in total. The third-order valence-electron chi connectivity index (χ3n) is 2.07. The molecule has 0 atom stereocenters. The Labute approximate surface area is 93.5 Å². The molecule has 2 N–H and O–H groups in total. The number of imidazole rings is 1. The standard InChI is InChI=1S/C10H15N5O/c1-7(2)16-4-3-11-9-8-10(13-5-12-8)15-6-14-9/h5-7H,3-4H2,1-2H3,(H2,11,12,13,14,15). The summed E-state index contributed by atoms with van der Waals surface area (Å²) in [4.78, 5) is 15.2. The van der Waals surface area contributed by atoms with Crippen molar-refractivity contribution in [3.05, 3.63) is 12.7 Å². The molecule has 0 bridgehead atoms. The quantitative estimate of drug-likeness (QED) is 0.742. The maximum absolute atomic E-state index is 5.43. The first-order chi connectivity index (χ1) is 7.77. The molecule has 16 heavy (non-hydrogen) atoms.